The molecule has 1 aromatic rings. The van der Waals surface area contributed by atoms with Gasteiger partial charge < -0.3 is 20.3 Å². The molecule has 3 aliphatic rings. The molecule has 3 aliphatic heterocycles. The zero-order chi connectivity index (χ0) is 21.1. The van der Waals surface area contributed by atoms with Gasteiger partial charge in [0.2, 0.25) is 11.8 Å². The number of piperidine rings is 3. The summed E-state index contributed by atoms with van der Waals surface area (Å²) in [4.78, 5) is 28.8. The predicted molar refractivity (Wildman–Crippen MR) is 116 cm³/mol. The van der Waals surface area contributed by atoms with Crippen LogP contribution in [-0.4, -0.2) is 59.9 Å². The van der Waals surface area contributed by atoms with Gasteiger partial charge in [-0.05, 0) is 68.2 Å². The van der Waals surface area contributed by atoms with Crippen LogP contribution < -0.4 is 10.5 Å². The fourth-order valence-corrected chi connectivity index (χ4v) is 5.92. The average Bonchev–Trinajstić information content (AvgIpc) is 2.75. The Hall–Kier alpha value is -2.08. The van der Waals surface area contributed by atoms with E-state index in [1.807, 2.05) is 0 Å². The highest BCUT2D eigenvalue weighted by molar-refractivity contribution is 5.92. The second-order valence-corrected chi connectivity index (χ2v) is 9.22. The number of ether oxygens (including phenoxy) is 1. The van der Waals surface area contributed by atoms with Crippen molar-refractivity contribution in [3.05, 3.63) is 29.8 Å². The number of hydrogen-bond donors (Lipinski definition) is 1. The second kappa shape index (κ2) is 9.38. The lowest BCUT2D eigenvalue weighted by Gasteiger charge is -2.57. The topological polar surface area (TPSA) is 75.9 Å². The SMILES string of the molecule is CCC[C@H]1[C@H]2C[C@H](CN(CCCOc3ccc(C(N)=O)cc3)C2)[C@@H]2CCCC(=O)N21. The van der Waals surface area contributed by atoms with E-state index in [0.29, 0.717) is 42.0 Å². The molecule has 0 aromatic heterocycles. The highest BCUT2D eigenvalue weighted by Crippen LogP contribution is 2.42. The molecule has 1 aromatic carbocycles. The molecular formula is C24H35N3O3. The number of carbonyl (C=O) groups is 2. The van der Waals surface area contributed by atoms with Crippen LogP contribution in [-0.2, 0) is 4.79 Å². The van der Waals surface area contributed by atoms with Crippen molar-refractivity contribution in [1.82, 2.24) is 9.80 Å². The summed E-state index contributed by atoms with van der Waals surface area (Å²) in [6.07, 6.45) is 7.53. The maximum Gasteiger partial charge on any atom is 0.248 e. The number of rotatable bonds is 8. The van der Waals surface area contributed by atoms with E-state index in [1.165, 1.54) is 12.8 Å². The summed E-state index contributed by atoms with van der Waals surface area (Å²) in [5.74, 6) is 2.00. The summed E-state index contributed by atoms with van der Waals surface area (Å²) >= 11 is 0. The maximum atomic E-state index is 12.7. The van der Waals surface area contributed by atoms with E-state index in [4.69, 9.17) is 10.5 Å². The molecule has 0 aliphatic carbocycles. The predicted octanol–water partition coefficient (Wildman–Crippen LogP) is 3.06. The van der Waals surface area contributed by atoms with Gasteiger partial charge in [-0.2, -0.15) is 0 Å². The Morgan fingerprint density at radius 2 is 1.97 bits per heavy atom. The molecule has 6 nitrogen and oxygen atoms in total. The summed E-state index contributed by atoms with van der Waals surface area (Å²) in [7, 11) is 0. The minimum Gasteiger partial charge on any atom is -0.494 e. The fourth-order valence-electron chi connectivity index (χ4n) is 5.92. The Morgan fingerprint density at radius 3 is 2.70 bits per heavy atom. The first-order valence-electron chi connectivity index (χ1n) is 11.6. The second-order valence-electron chi connectivity index (χ2n) is 9.22. The standard InChI is InChI=1S/C24H35N3O3/c1-2-5-21-18-14-19(22-6-3-7-23(28)27(21)22)16-26(15-18)12-4-13-30-20-10-8-17(9-11-20)24(25)29/h8-11,18-19,21-22H,2-7,12-16H2,1H3,(H2,25,29)/t18-,19+,21-,22-/m0/s1. The van der Waals surface area contributed by atoms with E-state index in [1.54, 1.807) is 24.3 Å². The van der Waals surface area contributed by atoms with Gasteiger partial charge in [0.15, 0.2) is 0 Å². The molecule has 3 fully saturated rings. The summed E-state index contributed by atoms with van der Waals surface area (Å²) < 4.78 is 5.85. The van der Waals surface area contributed by atoms with E-state index in [2.05, 4.69) is 16.7 Å². The van der Waals surface area contributed by atoms with Crippen LogP contribution in [0.5, 0.6) is 5.75 Å². The summed E-state index contributed by atoms with van der Waals surface area (Å²) in [5.41, 5.74) is 5.78. The van der Waals surface area contributed by atoms with Crippen molar-refractivity contribution in [2.45, 2.75) is 64.0 Å². The molecule has 4 atom stereocenters. The smallest absolute Gasteiger partial charge is 0.248 e. The zero-order valence-corrected chi connectivity index (χ0v) is 18.1. The van der Waals surface area contributed by atoms with Crippen LogP contribution in [0, 0.1) is 11.8 Å². The third kappa shape index (κ3) is 4.48. The molecule has 30 heavy (non-hydrogen) atoms. The van der Waals surface area contributed by atoms with Gasteiger partial charge in [0, 0.05) is 43.7 Å². The van der Waals surface area contributed by atoms with Crippen molar-refractivity contribution >= 4 is 11.8 Å². The van der Waals surface area contributed by atoms with Crippen molar-refractivity contribution in [2.24, 2.45) is 17.6 Å². The first kappa shape index (κ1) is 21.2. The van der Waals surface area contributed by atoms with E-state index in [-0.39, 0.29) is 0 Å². The molecule has 3 heterocycles. The fraction of sp³-hybridized carbons (Fsp3) is 0.667. The number of amides is 2. The molecular weight excluding hydrogens is 378 g/mol. The molecule has 3 saturated heterocycles. The highest BCUT2D eigenvalue weighted by Gasteiger charge is 2.48. The van der Waals surface area contributed by atoms with E-state index in [0.717, 1.165) is 57.5 Å². The first-order valence-corrected chi connectivity index (χ1v) is 11.6. The van der Waals surface area contributed by atoms with Crippen molar-refractivity contribution in [3.8, 4) is 5.75 Å². The Balaban J connectivity index is 1.30. The lowest BCUT2D eigenvalue weighted by molar-refractivity contribution is -0.153. The Kier molecular flexibility index (Phi) is 6.61. The molecule has 2 amide bonds. The largest absolute Gasteiger partial charge is 0.494 e. The Bertz CT molecular complexity index is 751. The van der Waals surface area contributed by atoms with Gasteiger partial charge >= 0.3 is 0 Å². The third-order valence-corrected chi connectivity index (χ3v) is 7.18. The number of hydrogen-bond acceptors (Lipinski definition) is 4. The monoisotopic (exact) mass is 413 g/mol. The van der Waals surface area contributed by atoms with Gasteiger partial charge in [0.05, 0.1) is 6.61 Å². The Morgan fingerprint density at radius 1 is 1.20 bits per heavy atom. The minimum atomic E-state index is -0.420. The van der Waals surface area contributed by atoms with Crippen molar-refractivity contribution < 1.29 is 14.3 Å². The van der Waals surface area contributed by atoms with Crippen LogP contribution in [0.1, 0.15) is 62.2 Å². The lowest BCUT2D eigenvalue weighted by atomic mass is 9.71. The number of carbonyl (C=O) groups excluding carboxylic acids is 2. The molecule has 2 N–H and O–H groups in total. The number of nitrogens with two attached hydrogens (primary N) is 1. The molecule has 0 radical (unpaired) electrons. The summed E-state index contributed by atoms with van der Waals surface area (Å²) in [6, 6.07) is 7.90. The lowest BCUT2D eigenvalue weighted by Crippen LogP contribution is -2.65. The number of primary amides is 1. The van der Waals surface area contributed by atoms with Crippen LogP contribution in [0.25, 0.3) is 0 Å². The molecule has 164 valence electrons. The summed E-state index contributed by atoms with van der Waals surface area (Å²) in [6.45, 7) is 6.14. The van der Waals surface area contributed by atoms with Gasteiger partial charge in [-0.3, -0.25) is 9.59 Å². The summed E-state index contributed by atoms with van der Waals surface area (Å²) in [5, 5.41) is 0. The van der Waals surface area contributed by atoms with Crippen LogP contribution >= 0.6 is 0 Å². The highest BCUT2D eigenvalue weighted by atomic mass is 16.5. The van der Waals surface area contributed by atoms with E-state index in [9.17, 15) is 9.59 Å². The van der Waals surface area contributed by atoms with Gasteiger partial charge in [-0.1, -0.05) is 13.3 Å². The van der Waals surface area contributed by atoms with E-state index < -0.39 is 5.91 Å². The third-order valence-electron chi connectivity index (χ3n) is 7.18. The van der Waals surface area contributed by atoms with Gasteiger partial charge in [-0.15, -0.1) is 0 Å². The first-order chi connectivity index (χ1) is 14.6. The maximum absolute atomic E-state index is 12.7. The zero-order valence-electron chi connectivity index (χ0n) is 18.1. The molecule has 0 unspecified atom stereocenters. The number of likely N-dealkylation sites (tertiary alicyclic amines) is 1. The number of benzene rings is 1. The van der Waals surface area contributed by atoms with Crippen LogP contribution in [0.2, 0.25) is 0 Å². The molecule has 2 bridgehead atoms. The average molecular weight is 414 g/mol. The molecule has 6 heteroatoms. The Labute approximate surface area is 179 Å². The van der Waals surface area contributed by atoms with Gasteiger partial charge in [0.25, 0.3) is 0 Å². The van der Waals surface area contributed by atoms with E-state index >= 15 is 0 Å². The van der Waals surface area contributed by atoms with Crippen LogP contribution in [0.3, 0.4) is 0 Å². The normalized spacial score (nSPS) is 28.8. The molecule has 0 saturated carbocycles. The quantitative estimate of drug-likeness (QED) is 0.665. The van der Waals surface area contributed by atoms with Gasteiger partial charge in [0.1, 0.15) is 5.75 Å². The minimum absolute atomic E-state index is 0.406. The van der Waals surface area contributed by atoms with Crippen LogP contribution in [0.15, 0.2) is 24.3 Å². The van der Waals surface area contributed by atoms with Crippen LogP contribution in [0.4, 0.5) is 0 Å². The molecule has 0 spiro atoms. The van der Waals surface area contributed by atoms with Crippen molar-refractivity contribution in [1.29, 1.82) is 0 Å². The number of nitrogens with zero attached hydrogens (tertiary/aromatic N) is 2. The van der Waals surface area contributed by atoms with Gasteiger partial charge in [-0.25, -0.2) is 0 Å². The van der Waals surface area contributed by atoms with Crippen molar-refractivity contribution in [3.63, 3.8) is 0 Å². The van der Waals surface area contributed by atoms with Crippen molar-refractivity contribution in [2.75, 3.05) is 26.2 Å². The number of fused-ring (bicyclic) bond motifs is 4. The molecule has 4 rings (SSSR count).